The summed E-state index contributed by atoms with van der Waals surface area (Å²) in [6, 6.07) is 54.0. The van der Waals surface area contributed by atoms with E-state index in [-0.39, 0.29) is 10.8 Å². The molecule has 7 aromatic rings. The Hall–Kier alpha value is -6.66. The van der Waals surface area contributed by atoms with Gasteiger partial charge in [0.1, 0.15) is 0 Å². The molecule has 0 bridgehead atoms. The largest absolute Gasteiger partial charge is 0.378 e. The minimum absolute atomic E-state index is 0.0985. The molecule has 0 aliphatic rings. The Balaban J connectivity index is 1.39. The van der Waals surface area contributed by atoms with Crippen LogP contribution in [0.1, 0.15) is 59.1 Å². The molecule has 336 valence electrons. The molecular formula is C59H70N6. The van der Waals surface area contributed by atoms with Gasteiger partial charge in [0.05, 0.1) is 0 Å². The maximum absolute atomic E-state index is 3.99. The molecule has 2 N–H and O–H groups in total. The van der Waals surface area contributed by atoms with Crippen LogP contribution in [0.5, 0.6) is 0 Å². The highest BCUT2D eigenvalue weighted by Crippen LogP contribution is 2.46. The molecule has 0 aliphatic carbocycles. The number of benzene rings is 7. The summed E-state index contributed by atoms with van der Waals surface area (Å²) in [4.78, 5) is 8.60. The fourth-order valence-electron chi connectivity index (χ4n) is 8.49. The Morgan fingerprint density at radius 3 is 1.02 bits per heavy atom. The van der Waals surface area contributed by atoms with Gasteiger partial charge in [0, 0.05) is 113 Å². The van der Waals surface area contributed by atoms with Gasteiger partial charge in [0.15, 0.2) is 0 Å². The molecule has 0 spiro atoms. The van der Waals surface area contributed by atoms with E-state index in [9.17, 15) is 0 Å². The van der Waals surface area contributed by atoms with Crippen molar-refractivity contribution in [2.45, 2.75) is 58.8 Å². The number of hydrogen-bond acceptors (Lipinski definition) is 6. The topological polar surface area (TPSA) is 37.0 Å². The van der Waals surface area contributed by atoms with Crippen molar-refractivity contribution in [1.82, 2.24) is 0 Å². The van der Waals surface area contributed by atoms with Crippen molar-refractivity contribution in [3.05, 3.63) is 157 Å². The van der Waals surface area contributed by atoms with E-state index in [0.29, 0.717) is 0 Å². The highest BCUT2D eigenvalue weighted by molar-refractivity contribution is 5.92. The molecule has 0 fully saturated rings. The molecule has 7 rings (SSSR count). The monoisotopic (exact) mass is 863 g/mol. The summed E-state index contributed by atoms with van der Waals surface area (Å²) in [5.41, 5.74) is 20.7. The van der Waals surface area contributed by atoms with Crippen LogP contribution in [0.2, 0.25) is 0 Å². The van der Waals surface area contributed by atoms with Gasteiger partial charge in [-0.25, -0.2) is 0 Å². The van der Waals surface area contributed by atoms with Crippen LogP contribution in [0, 0.1) is 0 Å². The lowest BCUT2D eigenvalue weighted by atomic mass is 9.76. The van der Waals surface area contributed by atoms with Crippen molar-refractivity contribution in [2.75, 3.05) is 86.6 Å². The smallest absolute Gasteiger partial charge is 0.0473 e. The minimum Gasteiger partial charge on any atom is -0.378 e. The first-order valence-corrected chi connectivity index (χ1v) is 22.9. The van der Waals surface area contributed by atoms with E-state index in [1.54, 1.807) is 0 Å². The Kier molecular flexibility index (Phi) is 13.4. The van der Waals surface area contributed by atoms with E-state index in [0.717, 1.165) is 29.2 Å². The van der Waals surface area contributed by atoms with Crippen LogP contribution in [0.4, 0.5) is 45.5 Å². The Morgan fingerprint density at radius 1 is 0.369 bits per heavy atom. The first-order valence-electron chi connectivity index (χ1n) is 22.9. The Labute approximate surface area is 390 Å². The summed E-state index contributed by atoms with van der Waals surface area (Å²) >= 11 is 0. The van der Waals surface area contributed by atoms with Gasteiger partial charge in [0.2, 0.25) is 0 Å². The van der Waals surface area contributed by atoms with E-state index in [1.165, 1.54) is 78.4 Å². The third kappa shape index (κ3) is 10.3. The van der Waals surface area contributed by atoms with Gasteiger partial charge in [-0.3, -0.25) is 0 Å². The van der Waals surface area contributed by atoms with Crippen molar-refractivity contribution in [2.24, 2.45) is 0 Å². The molecule has 6 heteroatoms. The van der Waals surface area contributed by atoms with E-state index in [2.05, 4.69) is 274 Å². The molecule has 0 saturated heterocycles. The SMILES string of the molecule is CCC(C)(C)c1cc(-c2ccc(N(C)C)cc2)cc(Nc2cccc(Nc3cc(-c4ccc(N(C)C)cc4)cc(C(C)(C)C)c3-c3ccc(N(C)C)cc3)c2)c1-c1ccc(N(C)C)cc1. The van der Waals surface area contributed by atoms with Gasteiger partial charge < -0.3 is 30.2 Å². The van der Waals surface area contributed by atoms with Crippen molar-refractivity contribution in [3.63, 3.8) is 0 Å². The van der Waals surface area contributed by atoms with Gasteiger partial charge in [-0.05, 0) is 153 Å². The Bertz CT molecular complexity index is 2720. The highest BCUT2D eigenvalue weighted by Gasteiger charge is 2.27. The quantitative estimate of drug-likeness (QED) is 0.113. The van der Waals surface area contributed by atoms with Crippen molar-refractivity contribution >= 4 is 45.5 Å². The van der Waals surface area contributed by atoms with Crippen molar-refractivity contribution in [1.29, 1.82) is 0 Å². The summed E-state index contributed by atoms with van der Waals surface area (Å²) in [5.74, 6) is 0. The summed E-state index contributed by atoms with van der Waals surface area (Å²) in [6.45, 7) is 14.0. The zero-order valence-electron chi connectivity index (χ0n) is 41.4. The molecule has 0 amide bonds. The third-order valence-electron chi connectivity index (χ3n) is 12.9. The lowest BCUT2D eigenvalue weighted by Crippen LogP contribution is -2.18. The van der Waals surface area contributed by atoms with Gasteiger partial charge in [-0.2, -0.15) is 0 Å². The van der Waals surface area contributed by atoms with Gasteiger partial charge >= 0.3 is 0 Å². The maximum Gasteiger partial charge on any atom is 0.0473 e. The van der Waals surface area contributed by atoms with E-state index >= 15 is 0 Å². The van der Waals surface area contributed by atoms with Gasteiger partial charge in [0.25, 0.3) is 0 Å². The van der Waals surface area contributed by atoms with Crippen LogP contribution in [0.15, 0.2) is 146 Å². The van der Waals surface area contributed by atoms with Gasteiger partial charge in [-0.1, -0.05) is 96.1 Å². The number of anilines is 8. The van der Waals surface area contributed by atoms with Gasteiger partial charge in [-0.15, -0.1) is 0 Å². The van der Waals surface area contributed by atoms with Crippen molar-refractivity contribution < 1.29 is 0 Å². The second kappa shape index (κ2) is 18.8. The molecule has 0 atom stereocenters. The van der Waals surface area contributed by atoms with Crippen LogP contribution < -0.4 is 30.2 Å². The predicted molar refractivity (Wildman–Crippen MR) is 287 cm³/mol. The molecule has 0 saturated carbocycles. The molecule has 65 heavy (non-hydrogen) atoms. The summed E-state index contributed by atoms with van der Waals surface area (Å²) < 4.78 is 0. The zero-order chi connectivity index (χ0) is 46.8. The average molecular weight is 863 g/mol. The molecular weight excluding hydrogens is 793 g/mol. The zero-order valence-corrected chi connectivity index (χ0v) is 41.4. The molecule has 0 aliphatic heterocycles. The maximum atomic E-state index is 3.99. The highest BCUT2D eigenvalue weighted by atomic mass is 15.1. The normalized spacial score (nSPS) is 11.6. The molecule has 0 heterocycles. The first kappa shape index (κ1) is 46.3. The molecule has 6 nitrogen and oxygen atoms in total. The average Bonchev–Trinajstić information content (AvgIpc) is 3.28. The van der Waals surface area contributed by atoms with Crippen LogP contribution in [0.3, 0.4) is 0 Å². The van der Waals surface area contributed by atoms with Crippen LogP contribution in [-0.2, 0) is 10.8 Å². The van der Waals surface area contributed by atoms with E-state index < -0.39 is 0 Å². The molecule has 7 aromatic carbocycles. The van der Waals surface area contributed by atoms with Crippen LogP contribution in [-0.4, -0.2) is 56.4 Å². The fraction of sp³-hybridized carbons (Fsp3) is 0.288. The Morgan fingerprint density at radius 2 is 0.692 bits per heavy atom. The fourth-order valence-corrected chi connectivity index (χ4v) is 8.49. The molecule has 0 unspecified atom stereocenters. The minimum atomic E-state index is -0.141. The predicted octanol–water partition coefficient (Wildman–Crippen LogP) is 15.1. The third-order valence-corrected chi connectivity index (χ3v) is 12.9. The lowest BCUT2D eigenvalue weighted by Gasteiger charge is -2.30. The summed E-state index contributed by atoms with van der Waals surface area (Å²) in [5, 5.41) is 7.97. The van der Waals surface area contributed by atoms with Crippen LogP contribution in [0.25, 0.3) is 44.5 Å². The number of nitrogens with zero attached hydrogens (tertiary/aromatic N) is 4. The second-order valence-electron chi connectivity index (χ2n) is 20.0. The summed E-state index contributed by atoms with van der Waals surface area (Å²) in [7, 11) is 16.7. The van der Waals surface area contributed by atoms with E-state index in [1.807, 2.05) is 0 Å². The van der Waals surface area contributed by atoms with Crippen molar-refractivity contribution in [3.8, 4) is 44.5 Å². The number of hydrogen-bond donors (Lipinski definition) is 2. The van der Waals surface area contributed by atoms with Crippen LogP contribution >= 0.6 is 0 Å². The molecule has 0 radical (unpaired) electrons. The van der Waals surface area contributed by atoms with E-state index in [4.69, 9.17) is 0 Å². The summed E-state index contributed by atoms with van der Waals surface area (Å²) in [6.07, 6.45) is 0.993. The first-order chi connectivity index (χ1) is 30.8. The standard InChI is InChI=1S/C59H70N6/c1-15-59(5,6)53-36-45(41-21-29-49(30-22-41)63(9)10)38-55(57(53)43-25-33-51(34-26-43)65(13)14)61-47-18-16-17-46(39-47)60-54-37-44(40-19-27-48(28-20-40)62(7)8)35-52(58(2,3)4)56(54)42-23-31-50(32-24-42)64(11)12/h16-39,60-61H,15H2,1-14H3. The number of rotatable bonds is 14. The lowest BCUT2D eigenvalue weighted by molar-refractivity contribution is 0.508. The number of nitrogens with one attached hydrogen (secondary N) is 2. The second-order valence-corrected chi connectivity index (χ2v) is 20.0. The molecule has 0 aromatic heterocycles.